The molecular weight excluding hydrogens is 222 g/mol. The highest BCUT2D eigenvalue weighted by Gasteiger charge is 2.06. The van der Waals surface area contributed by atoms with E-state index in [1.807, 2.05) is 3.96 Å². The first-order valence-corrected chi connectivity index (χ1v) is 6.75. The Morgan fingerprint density at radius 2 is 1.81 bits per heavy atom. The van der Waals surface area contributed by atoms with Crippen molar-refractivity contribution >= 4 is 11.5 Å². The second kappa shape index (κ2) is 6.68. The first-order chi connectivity index (χ1) is 7.74. The molecular formula is C11H21N3OS. The molecule has 0 spiro atoms. The van der Waals surface area contributed by atoms with Gasteiger partial charge in [0.1, 0.15) is 0 Å². The summed E-state index contributed by atoms with van der Waals surface area (Å²) in [5.41, 5.74) is 0.104. The standard InChI is InChI=1S/C11H21N3OS/c1-4-6-8-13-10(12-3)16-14(11(13)15)9-7-5-2/h4-9H2,1-3H3. The van der Waals surface area contributed by atoms with E-state index >= 15 is 0 Å². The third kappa shape index (κ3) is 3.07. The Bertz CT molecular complexity index is 427. The molecule has 1 aromatic rings. The predicted molar refractivity (Wildman–Crippen MR) is 67.9 cm³/mol. The monoisotopic (exact) mass is 243 g/mol. The van der Waals surface area contributed by atoms with Crippen LogP contribution in [-0.4, -0.2) is 15.6 Å². The third-order valence-corrected chi connectivity index (χ3v) is 3.63. The maximum absolute atomic E-state index is 12.0. The maximum Gasteiger partial charge on any atom is 0.339 e. The van der Waals surface area contributed by atoms with Crippen LogP contribution in [0.3, 0.4) is 0 Å². The van der Waals surface area contributed by atoms with E-state index in [9.17, 15) is 4.79 Å². The highest BCUT2D eigenvalue weighted by Crippen LogP contribution is 1.96. The van der Waals surface area contributed by atoms with Crippen molar-refractivity contribution < 1.29 is 0 Å². The van der Waals surface area contributed by atoms with Gasteiger partial charge in [0.2, 0.25) is 4.80 Å². The summed E-state index contributed by atoms with van der Waals surface area (Å²) in [4.78, 5) is 17.1. The van der Waals surface area contributed by atoms with Gasteiger partial charge in [-0.3, -0.25) is 9.56 Å². The summed E-state index contributed by atoms with van der Waals surface area (Å²) in [5.74, 6) is 0. The van der Waals surface area contributed by atoms with Crippen molar-refractivity contribution in [1.29, 1.82) is 0 Å². The lowest BCUT2D eigenvalue weighted by molar-refractivity contribution is 0.561. The summed E-state index contributed by atoms with van der Waals surface area (Å²) in [6.45, 7) is 5.87. The third-order valence-electron chi connectivity index (χ3n) is 2.51. The number of hydrogen-bond acceptors (Lipinski definition) is 3. The van der Waals surface area contributed by atoms with Gasteiger partial charge < -0.3 is 0 Å². The molecule has 4 nitrogen and oxygen atoms in total. The second-order valence-electron chi connectivity index (χ2n) is 3.84. The van der Waals surface area contributed by atoms with Crippen LogP contribution in [0, 0.1) is 0 Å². The molecule has 1 heterocycles. The zero-order valence-electron chi connectivity index (χ0n) is 10.4. The van der Waals surface area contributed by atoms with E-state index in [4.69, 9.17) is 0 Å². The van der Waals surface area contributed by atoms with Crippen LogP contribution in [0.1, 0.15) is 39.5 Å². The number of rotatable bonds is 6. The first kappa shape index (κ1) is 13.2. The van der Waals surface area contributed by atoms with Crippen molar-refractivity contribution in [2.75, 3.05) is 7.05 Å². The minimum atomic E-state index is 0.104. The molecule has 0 saturated heterocycles. The van der Waals surface area contributed by atoms with Crippen molar-refractivity contribution in [2.24, 2.45) is 4.99 Å². The topological polar surface area (TPSA) is 39.3 Å². The van der Waals surface area contributed by atoms with Gasteiger partial charge in [0, 0.05) is 20.1 Å². The van der Waals surface area contributed by atoms with Gasteiger partial charge in [0.25, 0.3) is 0 Å². The lowest BCUT2D eigenvalue weighted by atomic mass is 10.3. The van der Waals surface area contributed by atoms with E-state index in [1.165, 1.54) is 11.5 Å². The Labute approximate surface area is 100 Å². The Morgan fingerprint density at radius 3 is 2.38 bits per heavy atom. The van der Waals surface area contributed by atoms with Crippen LogP contribution >= 0.6 is 11.5 Å². The van der Waals surface area contributed by atoms with E-state index < -0.39 is 0 Å². The van der Waals surface area contributed by atoms with Crippen molar-refractivity contribution in [3.05, 3.63) is 15.3 Å². The fraction of sp³-hybridized carbons (Fsp3) is 0.818. The van der Waals surface area contributed by atoms with Gasteiger partial charge >= 0.3 is 5.69 Å². The highest BCUT2D eigenvalue weighted by molar-refractivity contribution is 7.03. The zero-order chi connectivity index (χ0) is 12.0. The highest BCUT2D eigenvalue weighted by atomic mass is 32.1. The molecule has 1 aromatic heterocycles. The zero-order valence-corrected chi connectivity index (χ0v) is 11.2. The summed E-state index contributed by atoms with van der Waals surface area (Å²) in [6, 6.07) is 0. The van der Waals surface area contributed by atoms with E-state index in [2.05, 4.69) is 18.8 Å². The molecule has 0 N–H and O–H groups in total. The number of aryl methyl sites for hydroxylation is 1. The molecule has 0 aliphatic carbocycles. The van der Waals surface area contributed by atoms with Gasteiger partial charge in [-0.1, -0.05) is 26.7 Å². The van der Waals surface area contributed by atoms with Crippen molar-refractivity contribution in [3.8, 4) is 0 Å². The molecule has 0 fully saturated rings. The Balaban J connectivity index is 2.97. The average molecular weight is 243 g/mol. The van der Waals surface area contributed by atoms with Crippen LogP contribution in [0.25, 0.3) is 0 Å². The van der Waals surface area contributed by atoms with Crippen LogP contribution in [0.4, 0.5) is 0 Å². The molecule has 5 heteroatoms. The largest absolute Gasteiger partial charge is 0.339 e. The molecule has 0 amide bonds. The summed E-state index contributed by atoms with van der Waals surface area (Å²) >= 11 is 1.48. The van der Waals surface area contributed by atoms with E-state index in [1.54, 1.807) is 11.6 Å². The van der Waals surface area contributed by atoms with Crippen molar-refractivity contribution in [1.82, 2.24) is 8.52 Å². The average Bonchev–Trinajstić information content (AvgIpc) is 2.60. The molecule has 16 heavy (non-hydrogen) atoms. The molecule has 1 rings (SSSR count). The van der Waals surface area contributed by atoms with Crippen LogP contribution in [0.5, 0.6) is 0 Å². The Morgan fingerprint density at radius 1 is 1.19 bits per heavy atom. The van der Waals surface area contributed by atoms with E-state index in [-0.39, 0.29) is 5.69 Å². The van der Waals surface area contributed by atoms with Crippen molar-refractivity contribution in [2.45, 2.75) is 52.6 Å². The minimum Gasteiger partial charge on any atom is -0.268 e. The number of nitrogens with zero attached hydrogens (tertiary/aromatic N) is 3. The first-order valence-electron chi connectivity index (χ1n) is 5.98. The summed E-state index contributed by atoms with van der Waals surface area (Å²) in [7, 11) is 1.75. The summed E-state index contributed by atoms with van der Waals surface area (Å²) in [6.07, 6.45) is 4.29. The van der Waals surface area contributed by atoms with E-state index in [0.717, 1.165) is 43.6 Å². The molecule has 0 aliphatic heterocycles. The van der Waals surface area contributed by atoms with Crippen molar-refractivity contribution in [3.63, 3.8) is 0 Å². The molecule has 0 aliphatic rings. The quantitative estimate of drug-likeness (QED) is 0.751. The van der Waals surface area contributed by atoms with E-state index in [0.29, 0.717) is 0 Å². The second-order valence-corrected chi connectivity index (χ2v) is 4.83. The van der Waals surface area contributed by atoms with Gasteiger partial charge in [-0.2, -0.15) is 0 Å². The van der Waals surface area contributed by atoms with Crippen LogP contribution in [-0.2, 0) is 13.1 Å². The lowest BCUT2D eigenvalue weighted by Crippen LogP contribution is -2.29. The Kier molecular flexibility index (Phi) is 5.52. The minimum absolute atomic E-state index is 0.104. The van der Waals surface area contributed by atoms with Gasteiger partial charge in [0.05, 0.1) is 0 Å². The molecule has 0 radical (unpaired) electrons. The van der Waals surface area contributed by atoms with Gasteiger partial charge in [0.15, 0.2) is 0 Å². The Hall–Kier alpha value is -0.840. The number of aromatic nitrogens is 2. The fourth-order valence-corrected chi connectivity index (χ4v) is 2.46. The fourth-order valence-electron chi connectivity index (χ4n) is 1.52. The molecule has 0 aromatic carbocycles. The number of hydrogen-bond donors (Lipinski definition) is 0. The normalized spacial score (nSPS) is 12.3. The van der Waals surface area contributed by atoms with Gasteiger partial charge in [-0.15, -0.1) is 0 Å². The summed E-state index contributed by atoms with van der Waals surface area (Å²) < 4.78 is 3.62. The smallest absolute Gasteiger partial charge is 0.268 e. The SMILES string of the molecule is CCCCn1sc(=NC)n(CCCC)c1=O. The summed E-state index contributed by atoms with van der Waals surface area (Å²) in [5, 5.41) is 0. The molecule has 0 saturated carbocycles. The van der Waals surface area contributed by atoms with Crippen LogP contribution < -0.4 is 10.5 Å². The van der Waals surface area contributed by atoms with Crippen LogP contribution in [0.2, 0.25) is 0 Å². The molecule has 0 atom stereocenters. The maximum atomic E-state index is 12.0. The predicted octanol–water partition coefficient (Wildman–Crippen LogP) is 1.84. The molecule has 92 valence electrons. The molecule has 0 unspecified atom stereocenters. The molecule has 0 bridgehead atoms. The van der Waals surface area contributed by atoms with Gasteiger partial charge in [-0.25, -0.2) is 8.75 Å². The number of unbranched alkanes of at least 4 members (excludes halogenated alkanes) is 2. The van der Waals surface area contributed by atoms with Gasteiger partial charge in [-0.05, 0) is 24.4 Å². The lowest BCUT2D eigenvalue weighted by Gasteiger charge is -1.99. The van der Waals surface area contributed by atoms with Crippen LogP contribution in [0.15, 0.2) is 9.79 Å².